The normalized spacial score (nSPS) is 28.1. The van der Waals surface area contributed by atoms with Crippen LogP contribution in [0.15, 0.2) is 12.1 Å². The molecule has 0 aromatic carbocycles. The number of fused-ring (bicyclic) bond motifs is 1. The largest absolute Gasteiger partial charge is 0.293 e. The highest BCUT2D eigenvalue weighted by atomic mass is 35.5. The van der Waals surface area contributed by atoms with Crippen LogP contribution < -0.4 is 0 Å². The number of Topliss-reactive ketones (excluding diaryl/α,β-unsaturated/α-hetero) is 1. The molecule has 1 saturated heterocycles. The van der Waals surface area contributed by atoms with Gasteiger partial charge in [-0.2, -0.15) is 0 Å². The number of likely N-dealkylation sites (tertiary alicyclic amines) is 1. The summed E-state index contributed by atoms with van der Waals surface area (Å²) in [6, 6.07) is 4.33. The van der Waals surface area contributed by atoms with Gasteiger partial charge >= 0.3 is 0 Å². The van der Waals surface area contributed by atoms with Gasteiger partial charge in [0.05, 0.1) is 15.8 Å². The molecule has 2 atom stereocenters. The fraction of sp³-hybridized carbons (Fsp3) is 0.667. The summed E-state index contributed by atoms with van der Waals surface area (Å²) in [5.74, 6) is 1.07. The third kappa shape index (κ3) is 3.04. The molecule has 1 aliphatic heterocycles. The van der Waals surface area contributed by atoms with Crippen molar-refractivity contribution in [2.24, 2.45) is 5.92 Å². The highest BCUT2D eigenvalue weighted by molar-refractivity contribution is 7.18. The van der Waals surface area contributed by atoms with Crippen molar-refractivity contribution in [2.75, 3.05) is 13.1 Å². The number of carbonyl (C=O) groups is 1. The maximum atomic E-state index is 12.3. The van der Waals surface area contributed by atoms with E-state index in [0.717, 1.165) is 17.3 Å². The average Bonchev–Trinajstić information content (AvgIpc) is 2.86. The van der Waals surface area contributed by atoms with Gasteiger partial charge in [0.1, 0.15) is 0 Å². The van der Waals surface area contributed by atoms with E-state index in [4.69, 9.17) is 11.6 Å². The standard InChI is InChI=1S/C15H20ClNOS/c16-15-8-7-14(19-15)13(18)10-17-9-3-5-11-4-1-2-6-12(11)17/h7-8,11-12H,1-6,9-10H2/t11-,12-/m1/s1. The zero-order valence-corrected chi connectivity index (χ0v) is 12.7. The summed E-state index contributed by atoms with van der Waals surface area (Å²) in [6.07, 6.45) is 7.96. The van der Waals surface area contributed by atoms with E-state index in [1.54, 1.807) is 0 Å². The Morgan fingerprint density at radius 2 is 2.05 bits per heavy atom. The van der Waals surface area contributed by atoms with Crippen molar-refractivity contribution in [3.8, 4) is 0 Å². The average molecular weight is 298 g/mol. The van der Waals surface area contributed by atoms with Gasteiger partial charge in [0.25, 0.3) is 0 Å². The van der Waals surface area contributed by atoms with Crippen LogP contribution in [0.2, 0.25) is 4.34 Å². The van der Waals surface area contributed by atoms with Gasteiger partial charge in [-0.25, -0.2) is 0 Å². The van der Waals surface area contributed by atoms with E-state index >= 15 is 0 Å². The van der Waals surface area contributed by atoms with Gasteiger partial charge in [0.2, 0.25) is 0 Å². The van der Waals surface area contributed by atoms with Gasteiger partial charge in [0, 0.05) is 6.04 Å². The molecule has 19 heavy (non-hydrogen) atoms. The molecule has 0 spiro atoms. The molecule has 104 valence electrons. The number of thiophene rings is 1. The first kappa shape index (κ1) is 13.6. The van der Waals surface area contributed by atoms with Gasteiger partial charge in [-0.15, -0.1) is 11.3 Å². The number of hydrogen-bond acceptors (Lipinski definition) is 3. The van der Waals surface area contributed by atoms with Gasteiger partial charge < -0.3 is 0 Å². The monoisotopic (exact) mass is 297 g/mol. The fourth-order valence-corrected chi connectivity index (χ4v) is 4.62. The lowest BCUT2D eigenvalue weighted by atomic mass is 9.78. The molecular formula is C15H20ClNOS. The van der Waals surface area contributed by atoms with E-state index < -0.39 is 0 Å². The number of carbonyl (C=O) groups excluding carboxylic acids is 1. The zero-order chi connectivity index (χ0) is 13.2. The lowest BCUT2D eigenvalue weighted by Gasteiger charge is -2.43. The molecular weight excluding hydrogens is 278 g/mol. The zero-order valence-electron chi connectivity index (χ0n) is 11.1. The van der Waals surface area contributed by atoms with Crippen molar-refractivity contribution in [3.63, 3.8) is 0 Å². The second-order valence-corrected chi connectivity index (χ2v) is 7.47. The van der Waals surface area contributed by atoms with Gasteiger partial charge in [-0.05, 0) is 50.3 Å². The first-order chi connectivity index (χ1) is 9.24. The number of ketones is 1. The third-order valence-corrected chi connectivity index (χ3v) is 5.83. The molecule has 2 fully saturated rings. The SMILES string of the molecule is O=C(CN1CCC[C@H]2CCCC[C@H]21)c1ccc(Cl)s1. The van der Waals surface area contributed by atoms with Crippen LogP contribution in [0.5, 0.6) is 0 Å². The molecule has 1 aromatic heterocycles. The summed E-state index contributed by atoms with van der Waals surface area (Å²) in [7, 11) is 0. The van der Waals surface area contributed by atoms with Gasteiger partial charge in [-0.1, -0.05) is 24.4 Å². The van der Waals surface area contributed by atoms with E-state index in [-0.39, 0.29) is 5.78 Å². The summed E-state index contributed by atoms with van der Waals surface area (Å²) < 4.78 is 0.706. The van der Waals surface area contributed by atoms with Crippen molar-refractivity contribution in [1.82, 2.24) is 4.90 Å². The fourth-order valence-electron chi connectivity index (χ4n) is 3.65. The molecule has 0 N–H and O–H groups in total. The van der Waals surface area contributed by atoms with E-state index in [1.165, 1.54) is 49.9 Å². The topological polar surface area (TPSA) is 20.3 Å². The van der Waals surface area contributed by atoms with Crippen LogP contribution in [0.25, 0.3) is 0 Å². The van der Waals surface area contributed by atoms with Crippen molar-refractivity contribution in [2.45, 2.75) is 44.6 Å². The highest BCUT2D eigenvalue weighted by Gasteiger charge is 2.34. The lowest BCUT2D eigenvalue weighted by molar-refractivity contribution is 0.0541. The minimum absolute atomic E-state index is 0.239. The Balaban J connectivity index is 1.66. The molecule has 1 aliphatic carbocycles. The van der Waals surface area contributed by atoms with Crippen LogP contribution in [-0.4, -0.2) is 29.8 Å². The maximum absolute atomic E-state index is 12.3. The van der Waals surface area contributed by atoms with E-state index in [9.17, 15) is 4.79 Å². The quantitative estimate of drug-likeness (QED) is 0.778. The summed E-state index contributed by atoms with van der Waals surface area (Å²) in [4.78, 5) is 15.6. The summed E-state index contributed by atoms with van der Waals surface area (Å²) in [5.41, 5.74) is 0. The van der Waals surface area contributed by atoms with Crippen LogP contribution in [0.1, 0.15) is 48.2 Å². The van der Waals surface area contributed by atoms with Crippen LogP contribution >= 0.6 is 22.9 Å². The second kappa shape index (κ2) is 5.94. The Morgan fingerprint density at radius 3 is 2.84 bits per heavy atom. The predicted molar refractivity (Wildman–Crippen MR) is 80.2 cm³/mol. The molecule has 1 aromatic rings. The number of halogens is 1. The predicted octanol–water partition coefficient (Wildman–Crippen LogP) is 4.24. The molecule has 0 bridgehead atoms. The maximum Gasteiger partial charge on any atom is 0.186 e. The van der Waals surface area contributed by atoms with Crippen LogP contribution in [0.4, 0.5) is 0 Å². The molecule has 4 heteroatoms. The molecule has 2 heterocycles. The Kier molecular flexibility index (Phi) is 4.25. The highest BCUT2D eigenvalue weighted by Crippen LogP contribution is 2.35. The minimum atomic E-state index is 0.239. The Labute approximate surface area is 123 Å². The molecule has 0 unspecified atom stereocenters. The van der Waals surface area contributed by atoms with Crippen LogP contribution in [-0.2, 0) is 0 Å². The Morgan fingerprint density at radius 1 is 1.26 bits per heavy atom. The van der Waals surface area contributed by atoms with Crippen molar-refractivity contribution in [1.29, 1.82) is 0 Å². The lowest BCUT2D eigenvalue weighted by Crippen LogP contribution is -2.48. The second-order valence-electron chi connectivity index (χ2n) is 5.75. The van der Waals surface area contributed by atoms with E-state index in [2.05, 4.69) is 4.90 Å². The number of hydrogen-bond donors (Lipinski definition) is 0. The van der Waals surface area contributed by atoms with E-state index in [0.29, 0.717) is 16.9 Å². The third-order valence-electron chi connectivity index (χ3n) is 4.55. The molecule has 3 rings (SSSR count). The smallest absolute Gasteiger partial charge is 0.186 e. The molecule has 1 saturated carbocycles. The number of piperidine rings is 1. The van der Waals surface area contributed by atoms with Crippen molar-refractivity contribution in [3.05, 3.63) is 21.3 Å². The van der Waals surface area contributed by atoms with Crippen molar-refractivity contribution < 1.29 is 4.79 Å². The minimum Gasteiger partial charge on any atom is -0.293 e. The first-order valence-electron chi connectivity index (χ1n) is 7.26. The summed E-state index contributed by atoms with van der Waals surface area (Å²) in [6.45, 7) is 1.67. The van der Waals surface area contributed by atoms with E-state index in [1.807, 2.05) is 12.1 Å². The number of rotatable bonds is 3. The summed E-state index contributed by atoms with van der Waals surface area (Å²) in [5, 5.41) is 0. The van der Waals surface area contributed by atoms with Gasteiger partial charge in [0.15, 0.2) is 5.78 Å². The summed E-state index contributed by atoms with van der Waals surface area (Å²) >= 11 is 7.31. The van der Waals surface area contributed by atoms with Crippen LogP contribution in [0.3, 0.4) is 0 Å². The van der Waals surface area contributed by atoms with Crippen LogP contribution in [0, 0.1) is 5.92 Å². The molecule has 0 amide bonds. The Bertz CT molecular complexity index is 457. The molecule has 2 aliphatic rings. The van der Waals surface area contributed by atoms with Crippen molar-refractivity contribution >= 4 is 28.7 Å². The Hall–Kier alpha value is -0.380. The first-order valence-corrected chi connectivity index (χ1v) is 8.46. The molecule has 0 radical (unpaired) electrons. The molecule has 2 nitrogen and oxygen atoms in total. The number of nitrogens with zero attached hydrogens (tertiary/aromatic N) is 1. The van der Waals surface area contributed by atoms with Gasteiger partial charge in [-0.3, -0.25) is 9.69 Å².